The minimum Gasteiger partial charge on any atom is -0.307 e. The van der Waals surface area contributed by atoms with Crippen LogP contribution in [0.3, 0.4) is 0 Å². The molecule has 1 unspecified atom stereocenters. The molecule has 0 saturated carbocycles. The van der Waals surface area contributed by atoms with Gasteiger partial charge in [-0.1, -0.05) is 6.42 Å². The van der Waals surface area contributed by atoms with E-state index >= 15 is 0 Å². The van der Waals surface area contributed by atoms with E-state index in [1.165, 1.54) is 44.6 Å². The SMILES string of the molecule is Cc1nc(CNC(C)CN2CCCCC2)cs1. The molecule has 0 aromatic carbocycles. The van der Waals surface area contributed by atoms with Gasteiger partial charge in [-0.05, 0) is 39.8 Å². The zero-order valence-corrected chi connectivity index (χ0v) is 11.7. The second kappa shape index (κ2) is 6.47. The van der Waals surface area contributed by atoms with Crippen LogP contribution >= 0.6 is 11.3 Å². The van der Waals surface area contributed by atoms with Gasteiger partial charge in [0.2, 0.25) is 0 Å². The predicted octanol–water partition coefficient (Wildman–Crippen LogP) is 2.42. The van der Waals surface area contributed by atoms with Crippen LogP contribution in [0.25, 0.3) is 0 Å². The van der Waals surface area contributed by atoms with Gasteiger partial charge in [0.05, 0.1) is 10.7 Å². The first-order valence-electron chi connectivity index (χ1n) is 6.61. The second-order valence-electron chi connectivity index (χ2n) is 5.00. The van der Waals surface area contributed by atoms with Gasteiger partial charge in [-0.2, -0.15) is 0 Å². The van der Waals surface area contributed by atoms with E-state index in [1.807, 2.05) is 0 Å². The van der Waals surface area contributed by atoms with Crippen LogP contribution < -0.4 is 5.32 Å². The average Bonchev–Trinajstić information content (AvgIpc) is 2.74. The molecule has 3 nitrogen and oxygen atoms in total. The van der Waals surface area contributed by atoms with Crippen LogP contribution in [0.5, 0.6) is 0 Å². The number of nitrogens with one attached hydrogen (secondary N) is 1. The third kappa shape index (κ3) is 4.37. The average molecular weight is 253 g/mol. The Morgan fingerprint density at radius 3 is 2.82 bits per heavy atom. The van der Waals surface area contributed by atoms with Crippen molar-refractivity contribution < 1.29 is 0 Å². The largest absolute Gasteiger partial charge is 0.307 e. The maximum atomic E-state index is 4.47. The number of thiazole rings is 1. The molecule has 0 spiro atoms. The lowest BCUT2D eigenvalue weighted by molar-refractivity contribution is 0.208. The van der Waals surface area contributed by atoms with Gasteiger partial charge in [-0.25, -0.2) is 4.98 Å². The number of rotatable bonds is 5. The highest BCUT2D eigenvalue weighted by Crippen LogP contribution is 2.10. The van der Waals surface area contributed by atoms with E-state index in [-0.39, 0.29) is 0 Å². The van der Waals surface area contributed by atoms with Crippen molar-refractivity contribution in [3.05, 3.63) is 16.1 Å². The summed E-state index contributed by atoms with van der Waals surface area (Å²) in [4.78, 5) is 7.05. The van der Waals surface area contributed by atoms with E-state index in [0.717, 1.165) is 11.6 Å². The lowest BCUT2D eigenvalue weighted by Gasteiger charge is -2.29. The van der Waals surface area contributed by atoms with E-state index in [2.05, 4.69) is 34.4 Å². The molecule has 4 heteroatoms. The zero-order chi connectivity index (χ0) is 12.1. The normalized spacial score (nSPS) is 19.4. The summed E-state index contributed by atoms with van der Waals surface area (Å²) in [5.41, 5.74) is 1.18. The molecule has 2 heterocycles. The molecule has 1 aromatic heterocycles. The van der Waals surface area contributed by atoms with Gasteiger partial charge in [0.15, 0.2) is 0 Å². The van der Waals surface area contributed by atoms with Crippen molar-refractivity contribution in [2.45, 2.75) is 45.7 Å². The van der Waals surface area contributed by atoms with E-state index in [0.29, 0.717) is 6.04 Å². The van der Waals surface area contributed by atoms with Gasteiger partial charge in [0.1, 0.15) is 0 Å². The summed E-state index contributed by atoms with van der Waals surface area (Å²) >= 11 is 1.73. The Balaban J connectivity index is 1.68. The molecule has 1 aliphatic heterocycles. The predicted molar refractivity (Wildman–Crippen MR) is 73.4 cm³/mol. The number of nitrogens with zero attached hydrogens (tertiary/aromatic N) is 2. The molecule has 96 valence electrons. The lowest BCUT2D eigenvalue weighted by atomic mass is 10.1. The number of hydrogen-bond donors (Lipinski definition) is 1. The quantitative estimate of drug-likeness (QED) is 0.873. The smallest absolute Gasteiger partial charge is 0.0897 e. The topological polar surface area (TPSA) is 28.2 Å². The number of hydrogen-bond acceptors (Lipinski definition) is 4. The highest BCUT2D eigenvalue weighted by molar-refractivity contribution is 7.09. The highest BCUT2D eigenvalue weighted by Gasteiger charge is 2.13. The van der Waals surface area contributed by atoms with E-state index < -0.39 is 0 Å². The molecule has 0 radical (unpaired) electrons. The van der Waals surface area contributed by atoms with Crippen molar-refractivity contribution in [2.75, 3.05) is 19.6 Å². The summed E-state index contributed by atoms with van der Waals surface area (Å²) in [6, 6.07) is 0.551. The van der Waals surface area contributed by atoms with E-state index in [1.54, 1.807) is 11.3 Å². The van der Waals surface area contributed by atoms with Crippen LogP contribution in [-0.4, -0.2) is 35.6 Å². The van der Waals surface area contributed by atoms with Gasteiger partial charge in [-0.15, -0.1) is 11.3 Å². The molecule has 17 heavy (non-hydrogen) atoms. The molecule has 1 atom stereocenters. The van der Waals surface area contributed by atoms with Crippen LogP contribution in [-0.2, 0) is 6.54 Å². The van der Waals surface area contributed by atoms with Crippen molar-refractivity contribution in [1.82, 2.24) is 15.2 Å². The standard InChI is InChI=1S/C13H23N3S/c1-11(9-16-6-4-3-5-7-16)14-8-13-10-17-12(2)15-13/h10-11,14H,3-9H2,1-2H3. The molecule has 0 amide bonds. The molecule has 1 N–H and O–H groups in total. The Kier molecular flexibility index (Phi) is 4.95. The van der Waals surface area contributed by atoms with Crippen LogP contribution in [0.15, 0.2) is 5.38 Å². The number of aromatic nitrogens is 1. The molecule has 0 aliphatic carbocycles. The van der Waals surface area contributed by atoms with Crippen molar-refractivity contribution >= 4 is 11.3 Å². The Hall–Kier alpha value is -0.450. The number of likely N-dealkylation sites (tertiary alicyclic amines) is 1. The second-order valence-corrected chi connectivity index (χ2v) is 6.06. The van der Waals surface area contributed by atoms with Crippen molar-refractivity contribution in [2.24, 2.45) is 0 Å². The van der Waals surface area contributed by atoms with Crippen LogP contribution in [0, 0.1) is 6.92 Å². The molecule has 1 fully saturated rings. The first-order valence-corrected chi connectivity index (χ1v) is 7.49. The molecular formula is C13H23N3S. The summed E-state index contributed by atoms with van der Waals surface area (Å²) in [7, 11) is 0. The Bertz CT molecular complexity index is 331. The Morgan fingerprint density at radius 1 is 1.41 bits per heavy atom. The first-order chi connectivity index (χ1) is 8.24. The van der Waals surface area contributed by atoms with E-state index in [4.69, 9.17) is 0 Å². The van der Waals surface area contributed by atoms with Gasteiger partial charge < -0.3 is 10.2 Å². The molecule has 1 aliphatic rings. The molecular weight excluding hydrogens is 230 g/mol. The van der Waals surface area contributed by atoms with Gasteiger partial charge in [0, 0.05) is 24.5 Å². The number of piperidine rings is 1. The zero-order valence-electron chi connectivity index (χ0n) is 10.9. The van der Waals surface area contributed by atoms with Gasteiger partial charge >= 0.3 is 0 Å². The molecule has 2 rings (SSSR count). The minimum absolute atomic E-state index is 0.551. The maximum Gasteiger partial charge on any atom is 0.0897 e. The van der Waals surface area contributed by atoms with E-state index in [9.17, 15) is 0 Å². The monoisotopic (exact) mass is 253 g/mol. The van der Waals surface area contributed by atoms with Crippen molar-refractivity contribution in [3.8, 4) is 0 Å². The summed E-state index contributed by atoms with van der Waals surface area (Å²) in [6.45, 7) is 8.96. The summed E-state index contributed by atoms with van der Waals surface area (Å²) in [5.74, 6) is 0. The molecule has 1 aromatic rings. The lowest BCUT2D eigenvalue weighted by Crippen LogP contribution is -2.41. The Morgan fingerprint density at radius 2 is 2.18 bits per heavy atom. The fraction of sp³-hybridized carbons (Fsp3) is 0.769. The molecule has 1 saturated heterocycles. The molecule has 0 bridgehead atoms. The third-order valence-electron chi connectivity index (χ3n) is 3.28. The summed E-state index contributed by atoms with van der Waals surface area (Å²) in [5, 5.41) is 6.87. The fourth-order valence-corrected chi connectivity index (χ4v) is 2.97. The van der Waals surface area contributed by atoms with Crippen LogP contribution in [0.1, 0.15) is 36.9 Å². The Labute approximate surface area is 108 Å². The third-order valence-corrected chi connectivity index (χ3v) is 4.10. The van der Waals surface area contributed by atoms with Gasteiger partial charge in [-0.3, -0.25) is 0 Å². The van der Waals surface area contributed by atoms with Crippen LogP contribution in [0.4, 0.5) is 0 Å². The minimum atomic E-state index is 0.551. The van der Waals surface area contributed by atoms with Crippen molar-refractivity contribution in [3.63, 3.8) is 0 Å². The van der Waals surface area contributed by atoms with Gasteiger partial charge in [0.25, 0.3) is 0 Å². The first kappa shape index (κ1) is 13.0. The summed E-state index contributed by atoms with van der Waals surface area (Å²) < 4.78 is 0. The maximum absolute atomic E-state index is 4.47. The summed E-state index contributed by atoms with van der Waals surface area (Å²) in [6.07, 6.45) is 4.16. The van der Waals surface area contributed by atoms with Crippen molar-refractivity contribution in [1.29, 1.82) is 0 Å². The van der Waals surface area contributed by atoms with Crippen LogP contribution in [0.2, 0.25) is 0 Å². The fourth-order valence-electron chi connectivity index (χ4n) is 2.36. The number of aryl methyl sites for hydroxylation is 1. The highest BCUT2D eigenvalue weighted by atomic mass is 32.1.